The van der Waals surface area contributed by atoms with Crippen molar-refractivity contribution in [3.05, 3.63) is 42.2 Å². The summed E-state index contributed by atoms with van der Waals surface area (Å²) in [5, 5.41) is 3.64. The number of carbonyl (C=O) groups is 2. The fourth-order valence-electron chi connectivity index (χ4n) is 3.11. The van der Waals surface area contributed by atoms with E-state index in [0.717, 1.165) is 31.4 Å². The number of nitrogens with one attached hydrogen (secondary N) is 1. The van der Waals surface area contributed by atoms with Crippen molar-refractivity contribution in [2.75, 3.05) is 6.26 Å². The summed E-state index contributed by atoms with van der Waals surface area (Å²) in [7, 11) is 0. The number of rotatable bonds is 6. The molecule has 0 bridgehead atoms. The van der Waals surface area contributed by atoms with Crippen LogP contribution in [0.3, 0.4) is 0 Å². The molecule has 1 heterocycles. The molecule has 0 radical (unpaired) electrons. The smallest absolute Gasteiger partial charge is 0.357 e. The van der Waals surface area contributed by atoms with Crippen molar-refractivity contribution in [2.24, 2.45) is 0 Å². The summed E-state index contributed by atoms with van der Waals surface area (Å²) in [6, 6.07) is 9.69. The zero-order valence-corrected chi connectivity index (χ0v) is 15.8. The second-order valence-corrected chi connectivity index (χ2v) is 7.11. The van der Waals surface area contributed by atoms with Crippen LogP contribution in [0.5, 0.6) is 0 Å². The highest BCUT2D eigenvalue weighted by atomic mass is 32.2. The van der Waals surface area contributed by atoms with E-state index < -0.39 is 12.1 Å². The molecule has 1 aliphatic rings. The van der Waals surface area contributed by atoms with Gasteiger partial charge in [0.2, 0.25) is 0 Å². The van der Waals surface area contributed by atoms with Crippen LogP contribution in [0.15, 0.2) is 41.7 Å². The number of benzene rings is 1. The summed E-state index contributed by atoms with van der Waals surface area (Å²) in [6.07, 6.45) is 6.78. The number of carbonyl (C=O) groups excluding carboxylic acids is 2. The van der Waals surface area contributed by atoms with E-state index in [-0.39, 0.29) is 11.9 Å². The van der Waals surface area contributed by atoms with Crippen LogP contribution in [0.1, 0.15) is 43.1 Å². The van der Waals surface area contributed by atoms with E-state index in [2.05, 4.69) is 10.3 Å². The van der Waals surface area contributed by atoms with Gasteiger partial charge in [0.25, 0.3) is 5.91 Å². The lowest BCUT2D eigenvalue weighted by Gasteiger charge is -2.17. The molecular weight excluding hydrogens is 350 g/mol. The second kappa shape index (κ2) is 8.40. The van der Waals surface area contributed by atoms with E-state index in [4.69, 9.17) is 4.74 Å². The molecule has 1 atom stereocenters. The molecule has 1 saturated carbocycles. The molecule has 6 nitrogen and oxygen atoms in total. The van der Waals surface area contributed by atoms with Gasteiger partial charge in [-0.2, -0.15) is 0 Å². The van der Waals surface area contributed by atoms with E-state index in [1.165, 1.54) is 18.0 Å². The van der Waals surface area contributed by atoms with Crippen LogP contribution in [-0.4, -0.2) is 39.8 Å². The minimum Gasteiger partial charge on any atom is -0.448 e. The quantitative estimate of drug-likeness (QED) is 0.622. The summed E-state index contributed by atoms with van der Waals surface area (Å²) in [5.74, 6) is -0.808. The average Bonchev–Trinajstić information content (AvgIpc) is 3.31. The third kappa shape index (κ3) is 4.09. The number of imidazole rings is 1. The fourth-order valence-corrected chi connectivity index (χ4v) is 3.66. The molecule has 0 aliphatic heterocycles. The van der Waals surface area contributed by atoms with Crippen LogP contribution >= 0.6 is 11.8 Å². The van der Waals surface area contributed by atoms with Gasteiger partial charge in [-0.05, 0) is 38.2 Å². The van der Waals surface area contributed by atoms with Crippen LogP contribution in [0.2, 0.25) is 0 Å². The highest BCUT2D eigenvalue weighted by Crippen LogP contribution is 2.22. The zero-order chi connectivity index (χ0) is 18.5. The first-order chi connectivity index (χ1) is 12.6. The van der Waals surface area contributed by atoms with Crippen molar-refractivity contribution in [1.82, 2.24) is 14.9 Å². The van der Waals surface area contributed by atoms with Gasteiger partial charge in [0, 0.05) is 11.7 Å². The van der Waals surface area contributed by atoms with Crippen molar-refractivity contribution in [3.63, 3.8) is 0 Å². The van der Waals surface area contributed by atoms with Crippen LogP contribution in [0, 0.1) is 0 Å². The molecule has 1 unspecified atom stereocenters. The van der Waals surface area contributed by atoms with E-state index >= 15 is 0 Å². The molecule has 138 valence electrons. The predicted octanol–water partition coefficient (Wildman–Crippen LogP) is 3.20. The number of nitrogens with zero attached hydrogens (tertiary/aromatic N) is 2. The molecule has 2 aromatic rings. The molecule has 1 amide bonds. The number of ether oxygens (including phenoxy) is 1. The third-order valence-electron chi connectivity index (χ3n) is 4.49. The maximum Gasteiger partial charge on any atom is 0.357 e. The summed E-state index contributed by atoms with van der Waals surface area (Å²) in [5.41, 5.74) is 1.13. The van der Waals surface area contributed by atoms with Gasteiger partial charge in [0.1, 0.15) is 0 Å². The first-order valence-electron chi connectivity index (χ1n) is 8.78. The van der Waals surface area contributed by atoms with Crippen molar-refractivity contribution in [3.8, 4) is 5.69 Å². The maximum absolute atomic E-state index is 12.6. The average molecular weight is 373 g/mol. The van der Waals surface area contributed by atoms with Crippen LogP contribution < -0.4 is 5.32 Å². The normalized spacial score (nSPS) is 15.6. The molecule has 3 rings (SSSR count). The Balaban J connectivity index is 1.73. The lowest BCUT2D eigenvalue weighted by atomic mass is 10.2. The zero-order valence-electron chi connectivity index (χ0n) is 15.0. The lowest BCUT2D eigenvalue weighted by Crippen LogP contribution is -2.41. The first-order valence-corrected chi connectivity index (χ1v) is 10.0. The number of esters is 1. The Kier molecular flexibility index (Phi) is 5.98. The van der Waals surface area contributed by atoms with E-state index in [1.54, 1.807) is 11.5 Å². The number of para-hydroxylation sites is 1. The Labute approximate surface area is 157 Å². The SMILES string of the molecule is CSc1ncc(C(=O)OC(C)C(=O)NC2CCCC2)n1-c1ccccc1. The van der Waals surface area contributed by atoms with Gasteiger partial charge >= 0.3 is 5.97 Å². The first kappa shape index (κ1) is 18.5. The Morgan fingerprint density at radius 3 is 2.62 bits per heavy atom. The van der Waals surface area contributed by atoms with Gasteiger partial charge in [-0.3, -0.25) is 9.36 Å². The summed E-state index contributed by atoms with van der Waals surface area (Å²) in [4.78, 5) is 29.2. The van der Waals surface area contributed by atoms with Crippen molar-refractivity contribution in [1.29, 1.82) is 0 Å². The van der Waals surface area contributed by atoms with Gasteiger partial charge in [-0.1, -0.05) is 42.8 Å². The minimum atomic E-state index is -0.847. The highest BCUT2D eigenvalue weighted by Gasteiger charge is 2.26. The Hall–Kier alpha value is -2.28. The fraction of sp³-hybridized carbons (Fsp3) is 0.421. The maximum atomic E-state index is 12.6. The molecule has 1 fully saturated rings. The molecule has 1 aromatic heterocycles. The van der Waals surface area contributed by atoms with Crippen LogP contribution in [0.4, 0.5) is 0 Å². The summed E-state index contributed by atoms with van der Waals surface area (Å²) in [6.45, 7) is 1.60. The minimum absolute atomic E-state index is 0.196. The molecule has 0 saturated heterocycles. The van der Waals surface area contributed by atoms with Crippen molar-refractivity contribution in [2.45, 2.75) is 49.9 Å². The molecule has 26 heavy (non-hydrogen) atoms. The molecular formula is C19H23N3O3S. The predicted molar refractivity (Wildman–Crippen MR) is 101 cm³/mol. The number of aromatic nitrogens is 2. The monoisotopic (exact) mass is 373 g/mol. The van der Waals surface area contributed by atoms with Crippen LogP contribution in [0.25, 0.3) is 5.69 Å². The summed E-state index contributed by atoms with van der Waals surface area (Å²) >= 11 is 1.44. The number of amides is 1. The van der Waals surface area contributed by atoms with Crippen molar-refractivity contribution < 1.29 is 14.3 Å². The van der Waals surface area contributed by atoms with E-state index in [9.17, 15) is 9.59 Å². The second-order valence-electron chi connectivity index (χ2n) is 6.34. The van der Waals surface area contributed by atoms with Crippen molar-refractivity contribution >= 4 is 23.6 Å². The number of thioether (sulfide) groups is 1. The molecule has 1 aliphatic carbocycles. The van der Waals surface area contributed by atoms with Gasteiger partial charge in [-0.15, -0.1) is 0 Å². The Bertz CT molecular complexity index is 770. The molecule has 1 aromatic carbocycles. The van der Waals surface area contributed by atoms with E-state index in [1.807, 2.05) is 36.6 Å². The lowest BCUT2D eigenvalue weighted by molar-refractivity contribution is -0.129. The largest absolute Gasteiger partial charge is 0.448 e. The van der Waals surface area contributed by atoms with Gasteiger partial charge < -0.3 is 10.1 Å². The third-order valence-corrected chi connectivity index (χ3v) is 5.14. The van der Waals surface area contributed by atoms with Gasteiger partial charge in [0.15, 0.2) is 17.0 Å². The van der Waals surface area contributed by atoms with Gasteiger partial charge in [-0.25, -0.2) is 9.78 Å². The molecule has 7 heteroatoms. The molecule has 0 spiro atoms. The standard InChI is InChI=1S/C19H23N3O3S/c1-13(17(23)21-14-8-6-7-9-14)25-18(24)16-12-20-19(26-2)22(16)15-10-4-3-5-11-15/h3-5,10-14H,6-9H2,1-2H3,(H,21,23). The molecule has 1 N–H and O–H groups in total. The summed E-state index contributed by atoms with van der Waals surface area (Å²) < 4.78 is 7.15. The number of hydrogen-bond donors (Lipinski definition) is 1. The van der Waals surface area contributed by atoms with Crippen LogP contribution in [-0.2, 0) is 9.53 Å². The Morgan fingerprint density at radius 1 is 1.27 bits per heavy atom. The highest BCUT2D eigenvalue weighted by molar-refractivity contribution is 7.98. The Morgan fingerprint density at radius 2 is 1.96 bits per heavy atom. The number of hydrogen-bond acceptors (Lipinski definition) is 5. The van der Waals surface area contributed by atoms with Gasteiger partial charge in [0.05, 0.1) is 6.20 Å². The topological polar surface area (TPSA) is 73.2 Å². The van der Waals surface area contributed by atoms with E-state index in [0.29, 0.717) is 10.9 Å².